The van der Waals surface area contributed by atoms with Crippen molar-refractivity contribution in [3.8, 4) is 0 Å². The van der Waals surface area contributed by atoms with Gasteiger partial charge in [0.2, 0.25) is 0 Å². The van der Waals surface area contributed by atoms with E-state index in [-0.39, 0.29) is 65.8 Å². The Hall–Kier alpha value is 2.06. The molecule has 0 aromatic carbocycles. The third kappa shape index (κ3) is 23.5. The van der Waals surface area contributed by atoms with Crippen molar-refractivity contribution in [2.24, 2.45) is 0 Å². The maximum Gasteiger partial charge on any atom is 0.0785 e. The molecular formula is CH3AlFLiNa. The second-order valence-corrected chi connectivity index (χ2v) is 0. The molecule has 5 radical (unpaired) electrons. The van der Waals surface area contributed by atoms with Crippen molar-refractivity contribution < 1.29 is 4.39 Å². The van der Waals surface area contributed by atoms with Crippen molar-refractivity contribution in [2.45, 2.75) is 0 Å². The molecule has 0 atom stereocenters. The van der Waals surface area contributed by atoms with Gasteiger partial charge in [-0.3, -0.25) is 4.39 Å². The Balaban J connectivity index is -0.00000000167. The van der Waals surface area contributed by atoms with Gasteiger partial charge in [0.05, 0.1) is 7.18 Å². The van der Waals surface area contributed by atoms with Crippen molar-refractivity contribution in [1.82, 2.24) is 0 Å². The Bertz CT molecular complexity index is 11.6. The summed E-state index contributed by atoms with van der Waals surface area (Å²) in [4.78, 5) is 0. The zero-order valence-corrected chi connectivity index (χ0v) is 7.11. The third-order valence-corrected chi connectivity index (χ3v) is 0. The van der Waals surface area contributed by atoms with Crippen LogP contribution in [0.15, 0.2) is 0 Å². The molecule has 0 rings (SSSR count). The summed E-state index contributed by atoms with van der Waals surface area (Å²) in [5.41, 5.74) is 0. The molecule has 0 aromatic rings. The molecule has 0 aromatic heterocycles. The second kappa shape index (κ2) is 36.6. The summed E-state index contributed by atoms with van der Waals surface area (Å²) >= 11 is 0. The van der Waals surface area contributed by atoms with E-state index in [0.29, 0.717) is 7.18 Å². The van der Waals surface area contributed by atoms with Crippen molar-refractivity contribution >= 4 is 65.8 Å². The van der Waals surface area contributed by atoms with E-state index in [2.05, 4.69) is 0 Å². The summed E-state index contributed by atoms with van der Waals surface area (Å²) < 4.78 is 9.50. The number of alkyl halides is 1. The summed E-state index contributed by atoms with van der Waals surface area (Å²) in [6.07, 6.45) is 0. The van der Waals surface area contributed by atoms with E-state index in [1.807, 2.05) is 0 Å². The van der Waals surface area contributed by atoms with Crippen LogP contribution in [-0.2, 0) is 0 Å². The number of hydrogen-bond acceptors (Lipinski definition) is 0. The van der Waals surface area contributed by atoms with E-state index < -0.39 is 0 Å². The minimum absolute atomic E-state index is 0. The SMILES string of the molecule is CF.[Al].[Li].[Na]. The molecule has 0 N–H and O–H groups in total. The molecule has 0 bridgehead atoms. The molecule has 0 heterocycles. The molecule has 5 heavy (non-hydrogen) atoms. The van der Waals surface area contributed by atoms with E-state index in [0.717, 1.165) is 0 Å². The Morgan fingerprint density at radius 1 is 1.20 bits per heavy atom. The van der Waals surface area contributed by atoms with Gasteiger partial charge in [-0.2, -0.15) is 0 Å². The van der Waals surface area contributed by atoms with Crippen molar-refractivity contribution in [1.29, 1.82) is 0 Å². The van der Waals surface area contributed by atoms with Gasteiger partial charge in [-0.1, -0.05) is 0 Å². The molecule has 0 nitrogen and oxygen atoms in total. The smallest absolute Gasteiger partial charge is 0.0785 e. The van der Waals surface area contributed by atoms with Crippen molar-refractivity contribution in [3.63, 3.8) is 0 Å². The van der Waals surface area contributed by atoms with Gasteiger partial charge < -0.3 is 0 Å². The van der Waals surface area contributed by atoms with Crippen molar-refractivity contribution in [3.05, 3.63) is 0 Å². The van der Waals surface area contributed by atoms with Crippen LogP contribution in [0.25, 0.3) is 0 Å². The predicted octanol–water partition coefficient (Wildman–Crippen LogP) is -0.557. The third-order valence-electron chi connectivity index (χ3n) is 0. The maximum absolute atomic E-state index is 9.50. The molecule has 0 unspecified atom stereocenters. The van der Waals surface area contributed by atoms with E-state index in [9.17, 15) is 4.39 Å². The van der Waals surface area contributed by atoms with Crippen LogP contribution < -0.4 is 0 Å². The Morgan fingerprint density at radius 3 is 1.20 bits per heavy atom. The average Bonchev–Trinajstić information content (AvgIpc) is 1.00. The topological polar surface area (TPSA) is 0 Å². The van der Waals surface area contributed by atoms with Gasteiger partial charge in [0.25, 0.3) is 0 Å². The van der Waals surface area contributed by atoms with E-state index in [1.54, 1.807) is 0 Å². The summed E-state index contributed by atoms with van der Waals surface area (Å²) in [6, 6.07) is 0. The maximum atomic E-state index is 9.50. The van der Waals surface area contributed by atoms with E-state index >= 15 is 0 Å². The molecule has 0 spiro atoms. The molecule has 0 aliphatic heterocycles. The summed E-state index contributed by atoms with van der Waals surface area (Å²) in [6.45, 7) is 0. The Morgan fingerprint density at radius 2 is 1.20 bits per heavy atom. The average molecular weight is 90.9 g/mol. The molecule has 0 saturated heterocycles. The first kappa shape index (κ1) is 27.7. The largest absolute Gasteiger partial charge is 0.255 e. The minimum atomic E-state index is 0. The first-order chi connectivity index (χ1) is 1.00. The van der Waals surface area contributed by atoms with Crippen LogP contribution >= 0.6 is 0 Å². The molecule has 0 aliphatic carbocycles. The van der Waals surface area contributed by atoms with Crippen LogP contribution in [0, 0.1) is 0 Å². The number of halogens is 1. The van der Waals surface area contributed by atoms with Crippen LogP contribution in [0.4, 0.5) is 4.39 Å². The molecule has 19 valence electrons. The van der Waals surface area contributed by atoms with Crippen molar-refractivity contribution in [2.75, 3.05) is 7.18 Å². The summed E-state index contributed by atoms with van der Waals surface area (Å²) in [5.74, 6) is 0. The van der Waals surface area contributed by atoms with E-state index in [4.69, 9.17) is 0 Å². The van der Waals surface area contributed by atoms with Gasteiger partial charge in [-0.25, -0.2) is 0 Å². The predicted molar refractivity (Wildman–Crippen MR) is 24.3 cm³/mol. The Labute approximate surface area is 76.5 Å². The number of rotatable bonds is 0. The summed E-state index contributed by atoms with van der Waals surface area (Å²) in [7, 11) is 0.500. The second-order valence-electron chi connectivity index (χ2n) is 0. The van der Waals surface area contributed by atoms with Gasteiger partial charge in [-0.15, -0.1) is 0 Å². The fourth-order valence-electron chi connectivity index (χ4n) is 0. The molecule has 4 heteroatoms. The first-order valence-electron chi connectivity index (χ1n) is 0.378. The monoisotopic (exact) mass is 91.0 g/mol. The van der Waals surface area contributed by atoms with Crippen LogP contribution in [0.2, 0.25) is 0 Å². The van der Waals surface area contributed by atoms with Crippen LogP contribution in [-0.4, -0.2) is 73.0 Å². The van der Waals surface area contributed by atoms with Gasteiger partial charge in [0.1, 0.15) is 0 Å². The fourth-order valence-corrected chi connectivity index (χ4v) is 0. The fraction of sp³-hybridized carbons (Fsp3) is 1.00. The van der Waals surface area contributed by atoms with Gasteiger partial charge in [0.15, 0.2) is 0 Å². The quantitative estimate of drug-likeness (QED) is 0.350. The van der Waals surface area contributed by atoms with Crippen LogP contribution in [0.1, 0.15) is 0 Å². The zero-order valence-electron chi connectivity index (χ0n) is 3.96. The summed E-state index contributed by atoms with van der Waals surface area (Å²) in [5, 5.41) is 0. The minimum Gasteiger partial charge on any atom is -0.255 e. The standard InChI is InChI=1S/CH3F.Al.Li.Na/c1-2;;;/h1H3;;;. The van der Waals surface area contributed by atoms with E-state index in [1.165, 1.54) is 0 Å². The van der Waals surface area contributed by atoms with Crippen LogP contribution in [0.5, 0.6) is 0 Å². The van der Waals surface area contributed by atoms with Gasteiger partial charge in [0, 0.05) is 65.8 Å². The zero-order chi connectivity index (χ0) is 2.00. The molecule has 0 saturated carbocycles. The molecule has 0 amide bonds. The molecular weight excluding hydrogens is 87.9 g/mol. The van der Waals surface area contributed by atoms with Gasteiger partial charge >= 0.3 is 0 Å². The Kier molecular flexibility index (Phi) is 202. The number of hydrogen-bond donors (Lipinski definition) is 0. The molecule has 0 aliphatic rings. The van der Waals surface area contributed by atoms with Gasteiger partial charge in [-0.05, 0) is 0 Å². The van der Waals surface area contributed by atoms with Crippen LogP contribution in [0.3, 0.4) is 0 Å². The molecule has 0 fully saturated rings. The first-order valence-corrected chi connectivity index (χ1v) is 0.378. The normalized spacial score (nSPS) is 1.20.